The number of benzene rings is 1. The molecule has 0 bridgehead atoms. The van der Waals surface area contributed by atoms with Crippen molar-refractivity contribution in [2.75, 3.05) is 25.0 Å². The van der Waals surface area contributed by atoms with Crippen LogP contribution in [0.1, 0.15) is 36.2 Å². The average Bonchev–Trinajstić information content (AvgIpc) is 3.32. The number of rotatable bonds is 5. The van der Waals surface area contributed by atoms with Crippen LogP contribution < -0.4 is 15.5 Å². The van der Waals surface area contributed by atoms with Crippen molar-refractivity contribution in [3.8, 4) is 0 Å². The monoisotopic (exact) mass is 342 g/mol. The Kier molecular flexibility index (Phi) is 5.75. The van der Waals surface area contributed by atoms with E-state index in [-0.39, 0.29) is 6.04 Å². The van der Waals surface area contributed by atoms with Crippen molar-refractivity contribution in [2.45, 2.75) is 32.4 Å². The largest absolute Gasteiger partial charge is 0.372 e. The van der Waals surface area contributed by atoms with Gasteiger partial charge in [-0.15, -0.1) is 11.3 Å². The zero-order valence-corrected chi connectivity index (χ0v) is 15.3. The van der Waals surface area contributed by atoms with Crippen LogP contribution >= 0.6 is 11.3 Å². The SMILES string of the molecule is CN=C(NCc1cccs1)NC(C)c1cccc(N2CCCC2)c1. The summed E-state index contributed by atoms with van der Waals surface area (Å²) >= 11 is 1.76. The van der Waals surface area contributed by atoms with Crippen LogP contribution in [-0.2, 0) is 6.54 Å². The van der Waals surface area contributed by atoms with E-state index in [2.05, 4.69) is 69.2 Å². The molecule has 0 amide bonds. The Bertz CT molecular complexity index is 660. The van der Waals surface area contributed by atoms with Gasteiger partial charge in [0, 0.05) is 30.7 Å². The number of anilines is 1. The summed E-state index contributed by atoms with van der Waals surface area (Å²) < 4.78 is 0. The van der Waals surface area contributed by atoms with E-state index in [1.165, 1.54) is 42.1 Å². The summed E-state index contributed by atoms with van der Waals surface area (Å²) in [6.45, 7) is 5.34. The summed E-state index contributed by atoms with van der Waals surface area (Å²) in [6, 6.07) is 13.3. The Labute approximate surface area is 148 Å². The van der Waals surface area contributed by atoms with Crippen LogP contribution in [0, 0.1) is 0 Å². The van der Waals surface area contributed by atoms with Gasteiger partial charge in [0.25, 0.3) is 0 Å². The maximum absolute atomic E-state index is 4.34. The fourth-order valence-corrected chi connectivity index (χ4v) is 3.68. The molecule has 1 aromatic heterocycles. The molecule has 1 atom stereocenters. The molecule has 5 heteroatoms. The molecule has 1 saturated heterocycles. The highest BCUT2D eigenvalue weighted by Crippen LogP contribution is 2.23. The lowest BCUT2D eigenvalue weighted by Gasteiger charge is -2.22. The molecule has 1 fully saturated rings. The minimum atomic E-state index is 0.210. The highest BCUT2D eigenvalue weighted by molar-refractivity contribution is 7.09. The van der Waals surface area contributed by atoms with E-state index >= 15 is 0 Å². The maximum atomic E-state index is 4.34. The number of guanidine groups is 1. The van der Waals surface area contributed by atoms with E-state index in [4.69, 9.17) is 0 Å². The van der Waals surface area contributed by atoms with Crippen LogP contribution in [0.3, 0.4) is 0 Å². The van der Waals surface area contributed by atoms with Gasteiger partial charge < -0.3 is 15.5 Å². The fraction of sp³-hybridized carbons (Fsp3) is 0.421. The predicted molar refractivity (Wildman–Crippen MR) is 104 cm³/mol. The molecular formula is C19H26N4S. The Hall–Kier alpha value is -2.01. The minimum absolute atomic E-state index is 0.210. The van der Waals surface area contributed by atoms with Crippen molar-refractivity contribution in [1.82, 2.24) is 10.6 Å². The van der Waals surface area contributed by atoms with Gasteiger partial charge in [0.1, 0.15) is 0 Å². The predicted octanol–water partition coefficient (Wildman–Crippen LogP) is 3.77. The van der Waals surface area contributed by atoms with Crippen LogP contribution in [-0.4, -0.2) is 26.1 Å². The Morgan fingerprint density at radius 3 is 2.79 bits per heavy atom. The Morgan fingerprint density at radius 1 is 1.25 bits per heavy atom. The highest BCUT2D eigenvalue weighted by Gasteiger charge is 2.14. The number of hydrogen-bond donors (Lipinski definition) is 2. The minimum Gasteiger partial charge on any atom is -0.372 e. The molecule has 3 rings (SSSR count). The van der Waals surface area contributed by atoms with E-state index in [0.717, 1.165) is 12.5 Å². The van der Waals surface area contributed by atoms with Gasteiger partial charge >= 0.3 is 0 Å². The molecule has 1 aliphatic rings. The number of hydrogen-bond acceptors (Lipinski definition) is 3. The fourth-order valence-electron chi connectivity index (χ4n) is 3.03. The number of nitrogens with zero attached hydrogens (tertiary/aromatic N) is 2. The van der Waals surface area contributed by atoms with Crippen LogP contribution in [0.5, 0.6) is 0 Å². The van der Waals surface area contributed by atoms with Crippen LogP contribution in [0.25, 0.3) is 0 Å². The third-order valence-electron chi connectivity index (χ3n) is 4.43. The molecule has 4 nitrogen and oxygen atoms in total. The van der Waals surface area contributed by atoms with Crippen LogP contribution in [0.15, 0.2) is 46.8 Å². The van der Waals surface area contributed by atoms with Crippen molar-refractivity contribution in [2.24, 2.45) is 4.99 Å². The van der Waals surface area contributed by atoms with E-state index in [1.54, 1.807) is 11.3 Å². The first-order valence-electron chi connectivity index (χ1n) is 8.61. The zero-order chi connectivity index (χ0) is 16.8. The summed E-state index contributed by atoms with van der Waals surface area (Å²) in [5.41, 5.74) is 2.62. The number of nitrogens with one attached hydrogen (secondary N) is 2. The standard InChI is InChI=1S/C19H26N4S/c1-15(22-19(20-2)21-14-18-9-6-12-24-18)16-7-5-8-17(13-16)23-10-3-4-11-23/h5-9,12-13,15H,3-4,10-11,14H2,1-2H3,(H2,20,21,22). The molecule has 128 valence electrons. The molecule has 2 aromatic rings. The van der Waals surface area contributed by atoms with E-state index in [0.29, 0.717) is 0 Å². The molecule has 1 unspecified atom stereocenters. The topological polar surface area (TPSA) is 39.7 Å². The summed E-state index contributed by atoms with van der Waals surface area (Å²) in [5, 5.41) is 8.97. The second-order valence-corrected chi connectivity index (χ2v) is 7.19. The second kappa shape index (κ2) is 8.20. The Balaban J connectivity index is 1.60. The second-order valence-electron chi connectivity index (χ2n) is 6.16. The quantitative estimate of drug-likeness (QED) is 0.642. The summed E-state index contributed by atoms with van der Waals surface area (Å²) in [5.74, 6) is 0.836. The third-order valence-corrected chi connectivity index (χ3v) is 5.30. The van der Waals surface area contributed by atoms with Gasteiger partial charge in [-0.05, 0) is 48.9 Å². The van der Waals surface area contributed by atoms with Gasteiger partial charge in [-0.25, -0.2) is 0 Å². The zero-order valence-electron chi connectivity index (χ0n) is 14.5. The molecule has 2 heterocycles. The molecular weight excluding hydrogens is 316 g/mol. The molecule has 0 spiro atoms. The first-order valence-corrected chi connectivity index (χ1v) is 9.48. The molecule has 2 N–H and O–H groups in total. The van der Waals surface area contributed by atoms with Crippen molar-refractivity contribution < 1.29 is 0 Å². The Morgan fingerprint density at radius 2 is 2.08 bits per heavy atom. The van der Waals surface area contributed by atoms with Crippen molar-refractivity contribution >= 4 is 23.0 Å². The molecule has 24 heavy (non-hydrogen) atoms. The first kappa shape index (κ1) is 16.8. The molecule has 1 aliphatic heterocycles. The van der Waals surface area contributed by atoms with E-state index < -0.39 is 0 Å². The third kappa shape index (κ3) is 4.29. The molecule has 0 radical (unpaired) electrons. The van der Waals surface area contributed by atoms with Gasteiger partial charge in [-0.1, -0.05) is 18.2 Å². The van der Waals surface area contributed by atoms with Crippen LogP contribution in [0.4, 0.5) is 5.69 Å². The van der Waals surface area contributed by atoms with Gasteiger partial charge in [-0.2, -0.15) is 0 Å². The van der Waals surface area contributed by atoms with Gasteiger partial charge in [0.15, 0.2) is 5.96 Å². The summed E-state index contributed by atoms with van der Waals surface area (Å²) in [4.78, 5) is 8.12. The van der Waals surface area contributed by atoms with Gasteiger partial charge in [0.05, 0.1) is 12.6 Å². The molecule has 0 aliphatic carbocycles. The van der Waals surface area contributed by atoms with Gasteiger partial charge in [-0.3, -0.25) is 4.99 Å². The van der Waals surface area contributed by atoms with E-state index in [9.17, 15) is 0 Å². The van der Waals surface area contributed by atoms with E-state index in [1.807, 2.05) is 7.05 Å². The number of thiophene rings is 1. The average molecular weight is 343 g/mol. The smallest absolute Gasteiger partial charge is 0.191 e. The lowest BCUT2D eigenvalue weighted by atomic mass is 10.1. The normalized spacial score (nSPS) is 16.2. The lowest BCUT2D eigenvalue weighted by molar-refractivity contribution is 0.686. The molecule has 1 aromatic carbocycles. The summed E-state index contributed by atoms with van der Waals surface area (Å²) in [6.07, 6.45) is 2.61. The van der Waals surface area contributed by atoms with Gasteiger partial charge in [0.2, 0.25) is 0 Å². The first-order chi connectivity index (χ1) is 11.8. The van der Waals surface area contributed by atoms with Crippen molar-refractivity contribution in [3.63, 3.8) is 0 Å². The van der Waals surface area contributed by atoms with Crippen LogP contribution in [0.2, 0.25) is 0 Å². The number of aliphatic imine (C=N–C) groups is 1. The maximum Gasteiger partial charge on any atom is 0.191 e. The molecule has 0 saturated carbocycles. The highest BCUT2D eigenvalue weighted by atomic mass is 32.1. The lowest BCUT2D eigenvalue weighted by Crippen LogP contribution is -2.38. The van der Waals surface area contributed by atoms with Crippen molar-refractivity contribution in [1.29, 1.82) is 0 Å². The summed E-state index contributed by atoms with van der Waals surface area (Å²) in [7, 11) is 1.82. The van der Waals surface area contributed by atoms with Crippen molar-refractivity contribution in [3.05, 3.63) is 52.2 Å².